The maximum atomic E-state index is 11.8. The summed E-state index contributed by atoms with van der Waals surface area (Å²) in [6.45, 7) is 1.47. The third kappa shape index (κ3) is 2.58. The number of rotatable bonds is 2. The average Bonchev–Trinajstić information content (AvgIpc) is 2.70. The molecule has 1 aliphatic heterocycles. The molecule has 1 aliphatic carbocycles. The van der Waals surface area contributed by atoms with Crippen molar-refractivity contribution >= 4 is 11.8 Å². The Morgan fingerprint density at radius 1 is 1.60 bits per heavy atom. The Kier molecular flexibility index (Phi) is 3.04. The molecule has 2 aliphatic rings. The number of hydrogen-bond acceptors (Lipinski definition) is 2. The highest BCUT2D eigenvalue weighted by Gasteiger charge is 2.23. The van der Waals surface area contributed by atoms with Gasteiger partial charge in [0.25, 0.3) is 0 Å². The summed E-state index contributed by atoms with van der Waals surface area (Å²) in [5, 5.41) is 2.71. The van der Waals surface area contributed by atoms with Crippen LogP contribution in [0.2, 0.25) is 0 Å². The molecule has 0 aromatic rings. The summed E-state index contributed by atoms with van der Waals surface area (Å²) in [5.41, 5.74) is 0. The monoisotopic (exact) mass is 208 g/mol. The second-order valence-electron chi connectivity index (χ2n) is 4.13. The van der Waals surface area contributed by atoms with E-state index in [1.807, 2.05) is 0 Å². The molecule has 0 aromatic carbocycles. The van der Waals surface area contributed by atoms with E-state index in [0.29, 0.717) is 25.4 Å². The highest BCUT2D eigenvalue weighted by atomic mass is 16.2. The lowest BCUT2D eigenvalue weighted by atomic mass is 10.0. The number of hydrogen-bond donors (Lipinski definition) is 1. The highest BCUT2D eigenvalue weighted by Crippen LogP contribution is 2.21. The summed E-state index contributed by atoms with van der Waals surface area (Å²) in [7, 11) is 0. The minimum absolute atomic E-state index is 0.0448. The van der Waals surface area contributed by atoms with Crippen LogP contribution in [0, 0.1) is 5.92 Å². The Labute approximate surface area is 89.3 Å². The Morgan fingerprint density at radius 2 is 2.47 bits per heavy atom. The molecule has 1 fully saturated rings. The van der Waals surface area contributed by atoms with Crippen molar-refractivity contribution in [3.05, 3.63) is 12.2 Å². The third-order valence-corrected chi connectivity index (χ3v) is 2.94. The van der Waals surface area contributed by atoms with E-state index in [-0.39, 0.29) is 18.4 Å². The van der Waals surface area contributed by atoms with Crippen LogP contribution in [0.15, 0.2) is 12.2 Å². The van der Waals surface area contributed by atoms with Crippen molar-refractivity contribution in [3.63, 3.8) is 0 Å². The van der Waals surface area contributed by atoms with E-state index < -0.39 is 0 Å². The molecule has 0 bridgehead atoms. The van der Waals surface area contributed by atoms with Crippen LogP contribution >= 0.6 is 0 Å². The summed E-state index contributed by atoms with van der Waals surface area (Å²) in [6.07, 6.45) is 6.96. The molecule has 1 atom stereocenters. The van der Waals surface area contributed by atoms with Gasteiger partial charge in [0.1, 0.15) is 0 Å². The number of carbonyl (C=O) groups is 2. The first-order chi connectivity index (χ1) is 7.25. The Balaban J connectivity index is 1.84. The molecule has 2 rings (SSSR count). The molecule has 0 saturated carbocycles. The van der Waals surface area contributed by atoms with Crippen LogP contribution in [0.5, 0.6) is 0 Å². The first-order valence-electron chi connectivity index (χ1n) is 5.47. The van der Waals surface area contributed by atoms with Gasteiger partial charge in [-0.05, 0) is 18.8 Å². The predicted molar refractivity (Wildman–Crippen MR) is 56.1 cm³/mol. The van der Waals surface area contributed by atoms with Crippen LogP contribution in [0.3, 0.4) is 0 Å². The molecular formula is C11H16N2O2. The van der Waals surface area contributed by atoms with Crippen molar-refractivity contribution in [3.8, 4) is 0 Å². The molecule has 2 amide bonds. The second kappa shape index (κ2) is 4.47. The largest absolute Gasteiger partial charge is 0.353 e. The molecule has 4 heteroatoms. The molecular weight excluding hydrogens is 192 g/mol. The topological polar surface area (TPSA) is 49.4 Å². The van der Waals surface area contributed by atoms with Crippen molar-refractivity contribution in [2.24, 2.45) is 5.92 Å². The lowest BCUT2D eigenvalue weighted by Gasteiger charge is -2.27. The van der Waals surface area contributed by atoms with E-state index in [1.165, 1.54) is 0 Å². The smallest absolute Gasteiger partial charge is 0.239 e. The Hall–Kier alpha value is -1.32. The first-order valence-corrected chi connectivity index (χ1v) is 5.47. The zero-order chi connectivity index (χ0) is 10.7. The van der Waals surface area contributed by atoms with E-state index in [9.17, 15) is 9.59 Å². The zero-order valence-corrected chi connectivity index (χ0v) is 8.74. The number of piperazine rings is 1. The fourth-order valence-corrected chi connectivity index (χ4v) is 2.07. The standard InChI is InChI=1S/C11H16N2O2/c14-10-8-13(6-5-12-10)11(15)7-9-3-1-2-4-9/h1,3,9H,2,4-8H2,(H,12,14). The number of carbonyl (C=O) groups excluding carboxylic acids is 2. The van der Waals surface area contributed by atoms with Gasteiger partial charge in [-0.25, -0.2) is 0 Å². The van der Waals surface area contributed by atoms with Gasteiger partial charge in [0.05, 0.1) is 6.54 Å². The molecule has 0 radical (unpaired) electrons. The van der Waals surface area contributed by atoms with E-state index in [1.54, 1.807) is 4.90 Å². The molecule has 4 nitrogen and oxygen atoms in total. The second-order valence-corrected chi connectivity index (χ2v) is 4.13. The molecule has 1 saturated heterocycles. The normalized spacial score (nSPS) is 25.5. The molecule has 1 N–H and O–H groups in total. The molecule has 1 unspecified atom stereocenters. The van der Waals surface area contributed by atoms with Crippen molar-refractivity contribution in [2.45, 2.75) is 19.3 Å². The molecule has 82 valence electrons. The summed E-state index contributed by atoms with van der Waals surface area (Å²) in [5.74, 6) is 0.459. The van der Waals surface area contributed by atoms with Crippen molar-refractivity contribution in [2.75, 3.05) is 19.6 Å². The van der Waals surface area contributed by atoms with Gasteiger partial charge >= 0.3 is 0 Å². The maximum Gasteiger partial charge on any atom is 0.239 e. The van der Waals surface area contributed by atoms with Gasteiger partial charge in [0.15, 0.2) is 0 Å². The number of amides is 2. The molecule has 0 aromatic heterocycles. The van der Waals surface area contributed by atoms with Crippen LogP contribution in [-0.4, -0.2) is 36.3 Å². The van der Waals surface area contributed by atoms with Crippen LogP contribution in [0.25, 0.3) is 0 Å². The third-order valence-electron chi connectivity index (χ3n) is 2.94. The van der Waals surface area contributed by atoms with Crippen molar-refractivity contribution in [1.29, 1.82) is 0 Å². The van der Waals surface area contributed by atoms with Gasteiger partial charge in [-0.15, -0.1) is 0 Å². The molecule has 15 heavy (non-hydrogen) atoms. The summed E-state index contributed by atoms with van der Waals surface area (Å²) in [4.78, 5) is 24.6. The van der Waals surface area contributed by atoms with Crippen LogP contribution in [0.4, 0.5) is 0 Å². The lowest BCUT2D eigenvalue weighted by Crippen LogP contribution is -2.50. The van der Waals surface area contributed by atoms with Gasteiger partial charge in [-0.3, -0.25) is 9.59 Å². The van der Waals surface area contributed by atoms with Gasteiger partial charge in [-0.1, -0.05) is 12.2 Å². The Bertz CT molecular complexity index is 299. The van der Waals surface area contributed by atoms with Crippen LogP contribution in [0.1, 0.15) is 19.3 Å². The van der Waals surface area contributed by atoms with E-state index in [0.717, 1.165) is 12.8 Å². The van der Waals surface area contributed by atoms with Crippen LogP contribution < -0.4 is 5.32 Å². The molecule has 1 heterocycles. The van der Waals surface area contributed by atoms with Gasteiger partial charge in [0, 0.05) is 19.5 Å². The minimum atomic E-state index is -0.0448. The highest BCUT2D eigenvalue weighted by molar-refractivity contribution is 5.86. The predicted octanol–water partition coefficient (Wildman–Crippen LogP) is 0.301. The van der Waals surface area contributed by atoms with Gasteiger partial charge in [0.2, 0.25) is 11.8 Å². The Morgan fingerprint density at radius 3 is 3.13 bits per heavy atom. The average molecular weight is 208 g/mol. The number of nitrogens with zero attached hydrogens (tertiary/aromatic N) is 1. The quantitative estimate of drug-likeness (QED) is 0.664. The van der Waals surface area contributed by atoms with E-state index in [2.05, 4.69) is 17.5 Å². The number of allylic oxidation sites excluding steroid dienone is 2. The maximum absolute atomic E-state index is 11.8. The number of nitrogens with one attached hydrogen (secondary N) is 1. The SMILES string of the molecule is O=C1CN(C(=O)CC2C=CCC2)CCN1. The summed E-state index contributed by atoms with van der Waals surface area (Å²) >= 11 is 0. The molecule has 0 spiro atoms. The zero-order valence-electron chi connectivity index (χ0n) is 8.74. The van der Waals surface area contributed by atoms with E-state index >= 15 is 0 Å². The summed E-state index contributed by atoms with van der Waals surface area (Å²) < 4.78 is 0. The van der Waals surface area contributed by atoms with Gasteiger partial charge in [-0.2, -0.15) is 0 Å². The van der Waals surface area contributed by atoms with E-state index in [4.69, 9.17) is 0 Å². The fourth-order valence-electron chi connectivity index (χ4n) is 2.07. The van der Waals surface area contributed by atoms with Crippen LogP contribution in [-0.2, 0) is 9.59 Å². The van der Waals surface area contributed by atoms with Crippen molar-refractivity contribution in [1.82, 2.24) is 10.2 Å². The lowest BCUT2D eigenvalue weighted by molar-refractivity contribution is -0.138. The van der Waals surface area contributed by atoms with Crippen molar-refractivity contribution < 1.29 is 9.59 Å². The minimum Gasteiger partial charge on any atom is -0.353 e. The van der Waals surface area contributed by atoms with Gasteiger partial charge < -0.3 is 10.2 Å². The first kappa shape index (κ1) is 10.2. The summed E-state index contributed by atoms with van der Waals surface area (Å²) in [6, 6.07) is 0. The fraction of sp³-hybridized carbons (Fsp3) is 0.636.